The van der Waals surface area contributed by atoms with E-state index in [0.717, 1.165) is 49.0 Å². The molecule has 1 heterocycles. The number of rotatable bonds is 8. The van der Waals surface area contributed by atoms with Crippen molar-refractivity contribution in [3.63, 3.8) is 0 Å². The van der Waals surface area contributed by atoms with Crippen LogP contribution in [0.3, 0.4) is 0 Å². The van der Waals surface area contributed by atoms with Crippen LogP contribution in [-0.2, 0) is 4.74 Å². The molecular weight excluding hydrogens is 250 g/mol. The van der Waals surface area contributed by atoms with Crippen LogP contribution < -0.4 is 5.32 Å². The largest absolute Gasteiger partial charge is 0.454 e. The van der Waals surface area contributed by atoms with E-state index in [-0.39, 0.29) is 12.1 Å². The number of carbonyl (C=O) groups excluding carboxylic acids is 1. The van der Waals surface area contributed by atoms with Crippen LogP contribution in [-0.4, -0.2) is 12.5 Å². The molecule has 1 unspecified atom stereocenters. The molecule has 2 rings (SSSR count). The Kier molecular flexibility index (Phi) is 5.45. The zero-order chi connectivity index (χ0) is 14.4. The van der Waals surface area contributed by atoms with Crippen molar-refractivity contribution in [1.82, 2.24) is 0 Å². The molecule has 1 aliphatic heterocycles. The molecule has 0 radical (unpaired) electrons. The summed E-state index contributed by atoms with van der Waals surface area (Å²) in [6.07, 6.45) is 6.73. The first-order chi connectivity index (χ1) is 9.76. The molecule has 0 aromatic heterocycles. The number of ether oxygens (including phenoxy) is 1. The van der Waals surface area contributed by atoms with Crippen LogP contribution in [0.15, 0.2) is 18.2 Å². The van der Waals surface area contributed by atoms with Crippen LogP contribution in [0.2, 0.25) is 0 Å². The zero-order valence-corrected chi connectivity index (χ0v) is 12.6. The highest BCUT2D eigenvalue weighted by atomic mass is 16.5. The minimum atomic E-state index is -0.168. The van der Waals surface area contributed by atoms with Gasteiger partial charge in [-0.2, -0.15) is 0 Å². The zero-order valence-electron chi connectivity index (χ0n) is 12.6. The van der Waals surface area contributed by atoms with Gasteiger partial charge in [0.1, 0.15) is 6.10 Å². The number of hydrogen-bond acceptors (Lipinski definition) is 3. The van der Waals surface area contributed by atoms with Crippen LogP contribution >= 0.6 is 0 Å². The van der Waals surface area contributed by atoms with E-state index < -0.39 is 0 Å². The quantitative estimate of drug-likeness (QED) is 0.552. The fraction of sp³-hybridized carbons (Fsp3) is 0.588. The van der Waals surface area contributed by atoms with Crippen LogP contribution in [0, 0.1) is 0 Å². The molecule has 3 heteroatoms. The second kappa shape index (κ2) is 7.32. The summed E-state index contributed by atoms with van der Waals surface area (Å²) >= 11 is 0. The number of hydrogen-bond donors (Lipinski definition) is 1. The van der Waals surface area contributed by atoms with Crippen LogP contribution in [0.1, 0.15) is 74.4 Å². The molecule has 0 saturated carbocycles. The Morgan fingerprint density at radius 1 is 1.15 bits per heavy atom. The van der Waals surface area contributed by atoms with Crippen molar-refractivity contribution >= 4 is 11.7 Å². The molecule has 0 aliphatic carbocycles. The first-order valence-electron chi connectivity index (χ1n) is 7.85. The lowest BCUT2D eigenvalue weighted by Crippen LogP contribution is -2.02. The Morgan fingerprint density at radius 2 is 1.95 bits per heavy atom. The minimum Gasteiger partial charge on any atom is -0.454 e. The van der Waals surface area contributed by atoms with Crippen molar-refractivity contribution in [2.75, 3.05) is 11.9 Å². The van der Waals surface area contributed by atoms with E-state index in [9.17, 15) is 4.79 Å². The number of benzene rings is 1. The molecule has 1 N–H and O–H groups in total. The van der Waals surface area contributed by atoms with Gasteiger partial charge in [-0.05, 0) is 31.4 Å². The second-order valence-corrected chi connectivity index (χ2v) is 5.47. The first-order valence-corrected chi connectivity index (χ1v) is 7.85. The van der Waals surface area contributed by atoms with Gasteiger partial charge in [-0.15, -0.1) is 0 Å². The molecule has 0 fully saturated rings. The molecule has 0 saturated heterocycles. The standard InChI is InChI=1S/C17H25NO2/c1-3-5-7-11-18-13-9-10-14-15(12-13)17(19)20-16(14)8-6-4-2/h9-10,12,16,18H,3-8,11H2,1-2H3. The molecule has 0 bridgehead atoms. The summed E-state index contributed by atoms with van der Waals surface area (Å²) in [5.74, 6) is -0.168. The van der Waals surface area contributed by atoms with Gasteiger partial charge < -0.3 is 10.1 Å². The van der Waals surface area contributed by atoms with Crippen molar-refractivity contribution in [2.45, 2.75) is 58.5 Å². The highest BCUT2D eigenvalue weighted by molar-refractivity contribution is 5.95. The summed E-state index contributed by atoms with van der Waals surface area (Å²) in [6.45, 7) is 5.31. The summed E-state index contributed by atoms with van der Waals surface area (Å²) in [7, 11) is 0. The molecule has 1 atom stereocenters. The third-order valence-corrected chi connectivity index (χ3v) is 3.80. The Bertz CT molecular complexity index is 456. The molecule has 1 aromatic carbocycles. The van der Waals surface area contributed by atoms with E-state index in [0.29, 0.717) is 0 Å². The van der Waals surface area contributed by atoms with Gasteiger partial charge in [0.05, 0.1) is 5.56 Å². The van der Waals surface area contributed by atoms with E-state index in [2.05, 4.69) is 25.2 Å². The third-order valence-electron chi connectivity index (χ3n) is 3.80. The van der Waals surface area contributed by atoms with E-state index in [1.807, 2.05) is 12.1 Å². The van der Waals surface area contributed by atoms with Gasteiger partial charge in [0.15, 0.2) is 0 Å². The van der Waals surface area contributed by atoms with E-state index in [1.165, 1.54) is 12.8 Å². The van der Waals surface area contributed by atoms with Crippen molar-refractivity contribution < 1.29 is 9.53 Å². The molecule has 0 spiro atoms. The van der Waals surface area contributed by atoms with Crippen molar-refractivity contribution in [3.8, 4) is 0 Å². The van der Waals surface area contributed by atoms with Crippen LogP contribution in [0.5, 0.6) is 0 Å². The maximum atomic E-state index is 11.9. The summed E-state index contributed by atoms with van der Waals surface area (Å²) in [6, 6.07) is 6.05. The fourth-order valence-corrected chi connectivity index (χ4v) is 2.59. The highest BCUT2D eigenvalue weighted by Gasteiger charge is 2.30. The Labute approximate surface area is 121 Å². The maximum Gasteiger partial charge on any atom is 0.339 e. The van der Waals surface area contributed by atoms with Gasteiger partial charge >= 0.3 is 5.97 Å². The van der Waals surface area contributed by atoms with Crippen molar-refractivity contribution in [2.24, 2.45) is 0 Å². The molecule has 0 amide bonds. The lowest BCUT2D eigenvalue weighted by molar-refractivity contribution is 0.0364. The summed E-state index contributed by atoms with van der Waals surface area (Å²) in [5, 5.41) is 3.38. The van der Waals surface area contributed by atoms with E-state index >= 15 is 0 Å². The van der Waals surface area contributed by atoms with Gasteiger partial charge in [-0.1, -0.05) is 39.2 Å². The SMILES string of the molecule is CCCCCNc1ccc2c(c1)C(=O)OC2CCCC. The molecule has 110 valence electrons. The summed E-state index contributed by atoms with van der Waals surface area (Å²) < 4.78 is 5.47. The predicted octanol–water partition coefficient (Wildman–Crippen LogP) is 4.69. The van der Waals surface area contributed by atoms with Gasteiger partial charge in [0.2, 0.25) is 0 Å². The normalized spacial score (nSPS) is 16.9. The Hall–Kier alpha value is -1.51. The number of carbonyl (C=O) groups is 1. The van der Waals surface area contributed by atoms with Crippen molar-refractivity contribution in [1.29, 1.82) is 0 Å². The van der Waals surface area contributed by atoms with Gasteiger partial charge in [-0.25, -0.2) is 4.79 Å². The van der Waals surface area contributed by atoms with Gasteiger partial charge in [0, 0.05) is 17.8 Å². The molecular formula is C17H25NO2. The van der Waals surface area contributed by atoms with Gasteiger partial charge in [-0.3, -0.25) is 0 Å². The van der Waals surface area contributed by atoms with Crippen molar-refractivity contribution in [3.05, 3.63) is 29.3 Å². The molecule has 1 aliphatic rings. The third kappa shape index (κ3) is 3.53. The number of anilines is 1. The topological polar surface area (TPSA) is 38.3 Å². The minimum absolute atomic E-state index is 0.0356. The molecule has 1 aromatic rings. The average Bonchev–Trinajstić information content (AvgIpc) is 2.78. The Morgan fingerprint density at radius 3 is 2.70 bits per heavy atom. The first kappa shape index (κ1) is 14.9. The maximum absolute atomic E-state index is 11.9. The van der Waals surface area contributed by atoms with Gasteiger partial charge in [0.25, 0.3) is 0 Å². The Balaban J connectivity index is 2.00. The summed E-state index contributed by atoms with van der Waals surface area (Å²) in [4.78, 5) is 11.9. The van der Waals surface area contributed by atoms with Crippen LogP contribution in [0.25, 0.3) is 0 Å². The lowest BCUT2D eigenvalue weighted by atomic mass is 10.0. The number of esters is 1. The van der Waals surface area contributed by atoms with E-state index in [1.54, 1.807) is 0 Å². The predicted molar refractivity (Wildman–Crippen MR) is 82.1 cm³/mol. The highest BCUT2D eigenvalue weighted by Crippen LogP contribution is 2.35. The number of nitrogens with one attached hydrogen (secondary N) is 1. The fourth-order valence-electron chi connectivity index (χ4n) is 2.59. The number of fused-ring (bicyclic) bond motifs is 1. The summed E-state index contributed by atoms with van der Waals surface area (Å²) in [5.41, 5.74) is 2.82. The monoisotopic (exact) mass is 275 g/mol. The average molecular weight is 275 g/mol. The number of cyclic esters (lactones) is 1. The van der Waals surface area contributed by atoms with E-state index in [4.69, 9.17) is 4.74 Å². The smallest absolute Gasteiger partial charge is 0.339 e. The van der Waals surface area contributed by atoms with Crippen LogP contribution in [0.4, 0.5) is 5.69 Å². The second-order valence-electron chi connectivity index (χ2n) is 5.47. The number of unbranched alkanes of at least 4 members (excludes halogenated alkanes) is 3. The molecule has 3 nitrogen and oxygen atoms in total. The molecule has 20 heavy (non-hydrogen) atoms. The lowest BCUT2D eigenvalue weighted by Gasteiger charge is -2.10.